The largest absolute Gasteiger partial charge is 0.489 e. The Kier molecular flexibility index (Phi) is 9.95. The average Bonchev–Trinajstić information content (AvgIpc) is 3.77. The van der Waals surface area contributed by atoms with E-state index in [1.165, 1.54) is 44.5 Å². The average molecular weight is 614 g/mol. The fraction of sp³-hybridized carbons (Fsp3) is 0.359. The molecule has 46 heavy (non-hydrogen) atoms. The van der Waals surface area contributed by atoms with E-state index in [-0.39, 0.29) is 6.03 Å². The Morgan fingerprint density at radius 3 is 2.70 bits per heavy atom. The van der Waals surface area contributed by atoms with Gasteiger partial charge in [-0.2, -0.15) is 5.26 Å². The van der Waals surface area contributed by atoms with Crippen LogP contribution in [0.1, 0.15) is 63.8 Å². The van der Waals surface area contributed by atoms with Crippen molar-refractivity contribution in [2.45, 2.75) is 71.1 Å². The van der Waals surface area contributed by atoms with Gasteiger partial charge in [-0.3, -0.25) is 9.88 Å². The van der Waals surface area contributed by atoms with Crippen LogP contribution in [0.5, 0.6) is 5.75 Å². The highest BCUT2D eigenvalue weighted by atomic mass is 16.5. The third-order valence-corrected chi connectivity index (χ3v) is 9.68. The van der Waals surface area contributed by atoms with E-state index in [1.54, 1.807) is 13.2 Å². The zero-order valence-corrected chi connectivity index (χ0v) is 26.9. The number of hydrogen-bond acceptors (Lipinski definition) is 5. The number of nitrogens with zero attached hydrogens (tertiary/aromatic N) is 3. The molecule has 0 radical (unpaired) electrons. The summed E-state index contributed by atoms with van der Waals surface area (Å²) < 4.78 is 6.74. The van der Waals surface area contributed by atoms with Crippen LogP contribution in [-0.2, 0) is 38.8 Å². The van der Waals surface area contributed by atoms with Crippen molar-refractivity contribution in [1.29, 1.82) is 5.26 Å². The molecule has 1 unspecified atom stereocenters. The van der Waals surface area contributed by atoms with Gasteiger partial charge in [-0.1, -0.05) is 48.5 Å². The van der Waals surface area contributed by atoms with Gasteiger partial charge in [0.25, 0.3) is 0 Å². The van der Waals surface area contributed by atoms with Gasteiger partial charge in [-0.05, 0) is 121 Å². The summed E-state index contributed by atoms with van der Waals surface area (Å²) in [5.74, 6) is 0.999. The number of likely N-dealkylation sites (tertiary alicyclic amines) is 1. The maximum Gasteiger partial charge on any atom is 0.314 e. The van der Waals surface area contributed by atoms with Gasteiger partial charge in [-0.25, -0.2) is 4.79 Å². The maximum atomic E-state index is 11.9. The minimum absolute atomic E-state index is 0.132. The molecular formula is C39H43N5O2. The van der Waals surface area contributed by atoms with E-state index in [4.69, 9.17) is 4.74 Å². The predicted octanol–water partition coefficient (Wildman–Crippen LogP) is 6.68. The number of pyridine rings is 1. The first-order valence-corrected chi connectivity index (χ1v) is 16.5. The van der Waals surface area contributed by atoms with Crippen molar-refractivity contribution in [3.05, 3.63) is 118 Å². The van der Waals surface area contributed by atoms with Crippen molar-refractivity contribution in [2.75, 3.05) is 20.1 Å². The zero-order chi connectivity index (χ0) is 31.9. The predicted molar refractivity (Wildman–Crippen MR) is 182 cm³/mol. The molecule has 7 nitrogen and oxygen atoms in total. The SMILES string of the molecule is CNC(=O)NCC1CCCN1Cc1c(CCc2cncc(C#N)c2)cc(OCc2cccc(-c3ccccc3)c2C)c2c1CCC2. The second-order valence-corrected chi connectivity index (χ2v) is 12.5. The van der Waals surface area contributed by atoms with Crippen molar-refractivity contribution >= 4 is 6.03 Å². The monoisotopic (exact) mass is 613 g/mol. The molecule has 6 rings (SSSR count). The van der Waals surface area contributed by atoms with Crippen LogP contribution in [0.25, 0.3) is 11.1 Å². The minimum Gasteiger partial charge on any atom is -0.489 e. The van der Waals surface area contributed by atoms with Gasteiger partial charge in [0.1, 0.15) is 18.4 Å². The van der Waals surface area contributed by atoms with Crippen molar-refractivity contribution < 1.29 is 9.53 Å². The fourth-order valence-electron chi connectivity index (χ4n) is 7.15. The van der Waals surface area contributed by atoms with Crippen LogP contribution in [0.15, 0.2) is 73.1 Å². The molecule has 0 bridgehead atoms. The van der Waals surface area contributed by atoms with Crippen molar-refractivity contribution in [1.82, 2.24) is 20.5 Å². The lowest BCUT2D eigenvalue weighted by Crippen LogP contribution is -2.43. The Morgan fingerprint density at radius 1 is 1.02 bits per heavy atom. The number of amides is 2. The summed E-state index contributed by atoms with van der Waals surface area (Å²) in [6.45, 7) is 5.25. The minimum atomic E-state index is -0.132. The number of ether oxygens (including phenoxy) is 1. The number of nitriles is 1. The van der Waals surface area contributed by atoms with E-state index in [1.807, 2.05) is 12.3 Å². The molecule has 7 heteroatoms. The van der Waals surface area contributed by atoms with E-state index < -0.39 is 0 Å². The number of nitrogens with one attached hydrogen (secondary N) is 2. The molecule has 0 saturated carbocycles. The molecule has 0 spiro atoms. The molecule has 3 aromatic carbocycles. The van der Waals surface area contributed by atoms with Gasteiger partial charge >= 0.3 is 6.03 Å². The summed E-state index contributed by atoms with van der Waals surface area (Å²) in [5, 5.41) is 15.1. The number of carbonyl (C=O) groups is 1. The molecule has 4 aromatic rings. The Hall–Kier alpha value is -4.67. The first-order chi connectivity index (χ1) is 22.5. The number of urea groups is 1. The molecule has 2 heterocycles. The summed E-state index contributed by atoms with van der Waals surface area (Å²) >= 11 is 0. The van der Waals surface area contributed by atoms with E-state index in [9.17, 15) is 10.1 Å². The standard InChI is InChI=1S/C39H43N5O2/c1-27-32(11-6-13-34(27)30-9-4-3-5-10-30)26-46-38-20-31(17-16-28-19-29(21-40)23-42-22-28)37(35-14-7-15-36(35)38)25-44-18-8-12-33(44)24-43-39(45)41-2/h3-6,9-11,13,19-20,22-23,33H,7-8,12,14-18,24-26H2,1-2H3,(H2,41,43,45). The fourth-order valence-corrected chi connectivity index (χ4v) is 7.15. The highest BCUT2D eigenvalue weighted by Crippen LogP contribution is 2.38. The first kappa shape index (κ1) is 31.3. The smallest absolute Gasteiger partial charge is 0.314 e. The molecular weight excluding hydrogens is 570 g/mol. The highest BCUT2D eigenvalue weighted by Gasteiger charge is 2.29. The van der Waals surface area contributed by atoms with Gasteiger partial charge in [0.05, 0.1) is 5.56 Å². The molecule has 2 aliphatic rings. The number of aromatic nitrogens is 1. The first-order valence-electron chi connectivity index (χ1n) is 16.5. The van der Waals surface area contributed by atoms with E-state index in [0.717, 1.165) is 69.3 Å². The molecule has 1 fully saturated rings. The second-order valence-electron chi connectivity index (χ2n) is 12.5. The Morgan fingerprint density at radius 2 is 1.87 bits per heavy atom. The van der Waals surface area contributed by atoms with Gasteiger partial charge < -0.3 is 15.4 Å². The van der Waals surface area contributed by atoms with Gasteiger partial charge in [0.15, 0.2) is 0 Å². The van der Waals surface area contributed by atoms with Crippen LogP contribution in [0.3, 0.4) is 0 Å². The summed E-state index contributed by atoms with van der Waals surface area (Å²) in [5.41, 5.74) is 12.1. The van der Waals surface area contributed by atoms with Crippen LogP contribution < -0.4 is 15.4 Å². The third kappa shape index (κ3) is 7.08. The Labute approximate surface area is 272 Å². The molecule has 1 aliphatic heterocycles. The summed E-state index contributed by atoms with van der Waals surface area (Å²) in [6, 6.07) is 23.7. The van der Waals surface area contributed by atoms with Crippen molar-refractivity contribution in [2.24, 2.45) is 0 Å². The quantitative estimate of drug-likeness (QED) is 0.197. The maximum absolute atomic E-state index is 11.9. The number of aryl methyl sites for hydroxylation is 2. The normalized spacial score (nSPS) is 15.7. The number of hydrogen-bond donors (Lipinski definition) is 2. The lowest BCUT2D eigenvalue weighted by Gasteiger charge is -2.28. The van der Waals surface area contributed by atoms with E-state index in [2.05, 4.69) is 88.1 Å². The Bertz CT molecular complexity index is 1730. The molecule has 2 amide bonds. The third-order valence-electron chi connectivity index (χ3n) is 9.68. The Balaban J connectivity index is 1.29. The second kappa shape index (κ2) is 14.6. The van der Waals surface area contributed by atoms with Gasteiger partial charge in [-0.15, -0.1) is 0 Å². The van der Waals surface area contributed by atoms with E-state index >= 15 is 0 Å². The molecule has 1 atom stereocenters. The summed E-state index contributed by atoms with van der Waals surface area (Å²) in [7, 11) is 1.66. The number of benzene rings is 3. The van der Waals surface area contributed by atoms with E-state index in [0.29, 0.717) is 24.8 Å². The van der Waals surface area contributed by atoms with Crippen molar-refractivity contribution in [3.8, 4) is 22.9 Å². The molecule has 1 saturated heterocycles. The topological polar surface area (TPSA) is 90.3 Å². The van der Waals surface area contributed by atoms with Crippen LogP contribution in [0.2, 0.25) is 0 Å². The summed E-state index contributed by atoms with van der Waals surface area (Å²) in [4.78, 5) is 18.8. The van der Waals surface area contributed by atoms with Gasteiger partial charge in [0, 0.05) is 38.6 Å². The number of fused-ring (bicyclic) bond motifs is 1. The molecule has 1 aromatic heterocycles. The zero-order valence-electron chi connectivity index (χ0n) is 26.9. The lowest BCUT2D eigenvalue weighted by molar-refractivity contribution is 0.222. The van der Waals surface area contributed by atoms with Crippen LogP contribution in [-0.4, -0.2) is 42.1 Å². The number of rotatable bonds is 11. The highest BCUT2D eigenvalue weighted by molar-refractivity contribution is 5.73. The molecule has 2 N–H and O–H groups in total. The summed E-state index contributed by atoms with van der Waals surface area (Å²) in [6.07, 6.45) is 10.5. The van der Waals surface area contributed by atoms with Crippen LogP contribution >= 0.6 is 0 Å². The van der Waals surface area contributed by atoms with Crippen LogP contribution in [0.4, 0.5) is 4.79 Å². The van der Waals surface area contributed by atoms with Crippen LogP contribution in [0, 0.1) is 18.3 Å². The van der Waals surface area contributed by atoms with Gasteiger partial charge in [0.2, 0.25) is 0 Å². The molecule has 236 valence electrons. The van der Waals surface area contributed by atoms with Crippen molar-refractivity contribution in [3.63, 3.8) is 0 Å². The number of carbonyl (C=O) groups excluding carboxylic acids is 1. The lowest BCUT2D eigenvalue weighted by atomic mass is 9.92. The molecule has 1 aliphatic carbocycles.